The van der Waals surface area contributed by atoms with Gasteiger partial charge in [-0.2, -0.15) is 0 Å². The minimum atomic E-state index is -0.418. The van der Waals surface area contributed by atoms with Crippen molar-refractivity contribution in [3.8, 4) is 0 Å². The topological polar surface area (TPSA) is 49.4 Å². The van der Waals surface area contributed by atoms with Crippen LogP contribution in [0.1, 0.15) is 83.1 Å². The minimum absolute atomic E-state index is 0.0896. The van der Waals surface area contributed by atoms with Crippen LogP contribution in [0.2, 0.25) is 5.02 Å². The first kappa shape index (κ1) is 23.2. The molecule has 1 aromatic carbocycles. The molecule has 1 aromatic rings. The molecule has 0 aromatic heterocycles. The number of hydrogen-bond acceptors (Lipinski definition) is 2. The van der Waals surface area contributed by atoms with Crippen LogP contribution >= 0.6 is 11.6 Å². The van der Waals surface area contributed by atoms with Crippen molar-refractivity contribution in [1.29, 1.82) is 0 Å². The normalized spacial score (nSPS) is 32.2. The quantitative estimate of drug-likeness (QED) is 0.571. The zero-order valence-corrected chi connectivity index (χ0v) is 20.9. The van der Waals surface area contributed by atoms with Crippen molar-refractivity contribution in [1.82, 2.24) is 10.2 Å². The van der Waals surface area contributed by atoms with Crippen molar-refractivity contribution in [3.63, 3.8) is 0 Å². The smallest absolute Gasteiger partial charge is 0.245 e. The van der Waals surface area contributed by atoms with E-state index in [-0.39, 0.29) is 23.1 Å². The number of carbonyl (C=O) groups is 2. The number of nitrogens with one attached hydrogen (secondary N) is 1. The average molecular weight is 471 g/mol. The lowest BCUT2D eigenvalue weighted by atomic mass is 9.49. The van der Waals surface area contributed by atoms with Crippen molar-refractivity contribution in [3.05, 3.63) is 34.9 Å². The molecule has 180 valence electrons. The van der Waals surface area contributed by atoms with Gasteiger partial charge in [0.25, 0.3) is 0 Å². The van der Waals surface area contributed by atoms with Crippen LogP contribution in [0, 0.1) is 29.1 Å². The molecule has 6 rings (SSSR count). The van der Waals surface area contributed by atoms with E-state index < -0.39 is 6.04 Å². The van der Waals surface area contributed by atoms with Gasteiger partial charge < -0.3 is 10.2 Å². The number of likely N-dealkylation sites (tertiary alicyclic amines) is 1. The highest BCUT2D eigenvalue weighted by Gasteiger charge is 2.51. The van der Waals surface area contributed by atoms with E-state index >= 15 is 0 Å². The summed E-state index contributed by atoms with van der Waals surface area (Å²) in [6.45, 7) is 5.60. The fourth-order valence-corrected chi connectivity index (χ4v) is 8.08. The maximum Gasteiger partial charge on any atom is 0.245 e. The summed E-state index contributed by atoms with van der Waals surface area (Å²) in [6.07, 6.45) is 10.4. The predicted octanol–water partition coefficient (Wildman–Crippen LogP) is 5.79. The van der Waals surface area contributed by atoms with Gasteiger partial charge in [0.1, 0.15) is 6.04 Å². The molecule has 1 aliphatic heterocycles. The monoisotopic (exact) mass is 470 g/mol. The molecule has 5 aliphatic rings. The summed E-state index contributed by atoms with van der Waals surface area (Å²) in [6, 6.07) is 7.68. The maximum absolute atomic E-state index is 13.4. The molecule has 4 bridgehead atoms. The molecule has 1 atom stereocenters. The lowest BCUT2D eigenvalue weighted by molar-refractivity contribution is -0.140. The van der Waals surface area contributed by atoms with E-state index in [9.17, 15) is 9.59 Å². The molecule has 33 heavy (non-hydrogen) atoms. The highest BCUT2D eigenvalue weighted by Crippen LogP contribution is 2.61. The molecule has 4 aliphatic carbocycles. The van der Waals surface area contributed by atoms with Crippen molar-refractivity contribution in [2.24, 2.45) is 29.1 Å². The second kappa shape index (κ2) is 9.24. The first-order valence-corrected chi connectivity index (χ1v) is 13.5. The van der Waals surface area contributed by atoms with Crippen LogP contribution in [-0.4, -0.2) is 35.8 Å². The van der Waals surface area contributed by atoms with Crippen molar-refractivity contribution >= 4 is 23.4 Å². The Kier molecular flexibility index (Phi) is 6.50. The lowest BCUT2D eigenvalue weighted by Crippen LogP contribution is -2.54. The van der Waals surface area contributed by atoms with Crippen molar-refractivity contribution < 1.29 is 9.59 Å². The summed E-state index contributed by atoms with van der Waals surface area (Å²) >= 11 is 6.03. The van der Waals surface area contributed by atoms with Gasteiger partial charge in [-0.25, -0.2) is 0 Å². The molecule has 1 heterocycles. The summed E-state index contributed by atoms with van der Waals surface area (Å²) in [4.78, 5) is 28.6. The second-order valence-corrected chi connectivity index (χ2v) is 12.5. The summed E-state index contributed by atoms with van der Waals surface area (Å²) in [7, 11) is 0. The van der Waals surface area contributed by atoms with Crippen molar-refractivity contribution in [2.75, 3.05) is 13.1 Å². The van der Waals surface area contributed by atoms with Gasteiger partial charge in [0.15, 0.2) is 0 Å². The van der Waals surface area contributed by atoms with E-state index in [4.69, 9.17) is 11.6 Å². The maximum atomic E-state index is 13.4. The van der Waals surface area contributed by atoms with E-state index in [0.717, 1.165) is 48.7 Å². The fourth-order valence-electron chi connectivity index (χ4n) is 7.95. The van der Waals surface area contributed by atoms with Crippen LogP contribution in [0.25, 0.3) is 0 Å². The summed E-state index contributed by atoms with van der Waals surface area (Å²) in [5.41, 5.74) is 1.51. The zero-order valence-electron chi connectivity index (χ0n) is 20.2. The Morgan fingerprint density at radius 1 is 1.00 bits per heavy atom. The molecule has 0 spiro atoms. The number of carbonyl (C=O) groups excluding carboxylic acids is 2. The SMILES string of the molecule is CC(C)[C@@H](NC(=O)CC12CC3CC(CC(C3)C1)C2)C(=O)N1CCC(c2ccc(Cl)cc2)CC1. The Labute approximate surface area is 203 Å². The number of benzene rings is 1. The number of halogens is 1. The van der Waals surface area contributed by atoms with Crippen LogP contribution in [0.3, 0.4) is 0 Å². The van der Waals surface area contributed by atoms with E-state index in [1.54, 1.807) is 0 Å². The van der Waals surface area contributed by atoms with Gasteiger partial charge in [0.05, 0.1) is 0 Å². The number of piperidine rings is 1. The van der Waals surface area contributed by atoms with Crippen LogP contribution in [0.4, 0.5) is 0 Å². The molecule has 4 saturated carbocycles. The lowest BCUT2D eigenvalue weighted by Gasteiger charge is -2.56. The van der Waals surface area contributed by atoms with E-state index in [1.807, 2.05) is 30.9 Å². The summed E-state index contributed by atoms with van der Waals surface area (Å²) in [5.74, 6) is 3.27. The van der Waals surface area contributed by atoms with Gasteiger partial charge in [0.2, 0.25) is 11.8 Å². The van der Waals surface area contributed by atoms with Gasteiger partial charge in [-0.15, -0.1) is 0 Å². The average Bonchev–Trinajstić information content (AvgIpc) is 2.76. The summed E-state index contributed by atoms with van der Waals surface area (Å²) < 4.78 is 0. The fraction of sp³-hybridized carbons (Fsp3) is 0.714. The minimum Gasteiger partial charge on any atom is -0.344 e. The standard InChI is InChI=1S/C28H39ClN2O2/c1-18(2)26(27(33)31-9-7-23(8-10-31)22-3-5-24(29)6-4-22)30-25(32)17-28-14-19-11-20(15-28)13-21(12-19)16-28/h3-6,18-21,23,26H,7-17H2,1-2H3,(H,30,32)/t19?,20?,21?,26-,28?/m1/s1. The Morgan fingerprint density at radius 2 is 1.55 bits per heavy atom. The van der Waals surface area contributed by atoms with Gasteiger partial charge in [-0.1, -0.05) is 37.6 Å². The van der Waals surface area contributed by atoms with Gasteiger partial charge in [-0.05, 0) is 104 Å². The van der Waals surface area contributed by atoms with Crippen LogP contribution in [0.5, 0.6) is 0 Å². The predicted molar refractivity (Wildman–Crippen MR) is 132 cm³/mol. The van der Waals surface area contributed by atoms with Crippen LogP contribution in [-0.2, 0) is 9.59 Å². The van der Waals surface area contributed by atoms with E-state index in [1.165, 1.54) is 44.1 Å². The van der Waals surface area contributed by atoms with E-state index in [0.29, 0.717) is 12.3 Å². The van der Waals surface area contributed by atoms with Gasteiger partial charge in [0, 0.05) is 24.5 Å². The third-order valence-corrected chi connectivity index (χ3v) is 9.35. The number of amides is 2. The third-order valence-electron chi connectivity index (χ3n) is 9.10. The Balaban J connectivity index is 1.17. The van der Waals surface area contributed by atoms with E-state index in [2.05, 4.69) is 17.4 Å². The first-order chi connectivity index (χ1) is 15.8. The zero-order chi connectivity index (χ0) is 23.2. The highest BCUT2D eigenvalue weighted by atomic mass is 35.5. The molecule has 5 fully saturated rings. The van der Waals surface area contributed by atoms with Crippen LogP contribution < -0.4 is 5.32 Å². The molecule has 2 amide bonds. The summed E-state index contributed by atoms with van der Waals surface area (Å²) in [5, 5.41) is 3.95. The van der Waals surface area contributed by atoms with Crippen LogP contribution in [0.15, 0.2) is 24.3 Å². The molecular formula is C28H39ClN2O2. The first-order valence-electron chi connectivity index (χ1n) is 13.1. The molecule has 4 nitrogen and oxygen atoms in total. The second-order valence-electron chi connectivity index (χ2n) is 12.0. The number of nitrogens with zero attached hydrogens (tertiary/aromatic N) is 1. The number of hydrogen-bond donors (Lipinski definition) is 1. The largest absolute Gasteiger partial charge is 0.344 e. The van der Waals surface area contributed by atoms with Gasteiger partial charge in [-0.3, -0.25) is 9.59 Å². The number of rotatable bonds is 6. The molecule has 0 unspecified atom stereocenters. The Morgan fingerprint density at radius 3 is 2.06 bits per heavy atom. The molecular weight excluding hydrogens is 432 g/mol. The molecule has 1 saturated heterocycles. The molecule has 1 N–H and O–H groups in total. The Bertz CT molecular complexity index is 837. The molecule has 5 heteroatoms. The molecule has 0 radical (unpaired) electrons. The van der Waals surface area contributed by atoms with Crippen molar-refractivity contribution in [2.45, 2.75) is 83.6 Å². The van der Waals surface area contributed by atoms with Gasteiger partial charge >= 0.3 is 0 Å². The third kappa shape index (κ3) is 4.97. The highest BCUT2D eigenvalue weighted by molar-refractivity contribution is 6.30. The Hall–Kier alpha value is -1.55.